The van der Waals surface area contributed by atoms with Crippen molar-refractivity contribution in [3.8, 4) is 0 Å². The van der Waals surface area contributed by atoms with E-state index in [0.29, 0.717) is 19.8 Å². The lowest BCUT2D eigenvalue weighted by atomic mass is 9.74. The molecule has 148 valence electrons. The molecule has 2 aromatic carbocycles. The number of hydrogen-bond acceptors (Lipinski definition) is 3. The van der Waals surface area contributed by atoms with Gasteiger partial charge in [0.25, 0.3) is 0 Å². The third-order valence-electron chi connectivity index (χ3n) is 6.18. The van der Waals surface area contributed by atoms with Crippen LogP contribution in [0.3, 0.4) is 0 Å². The number of hydrogen-bond donors (Lipinski definition) is 1. The molecule has 1 N–H and O–H groups in total. The van der Waals surface area contributed by atoms with Gasteiger partial charge in [-0.15, -0.1) is 0 Å². The van der Waals surface area contributed by atoms with Crippen LogP contribution in [0.5, 0.6) is 0 Å². The van der Waals surface area contributed by atoms with Crippen LogP contribution in [-0.2, 0) is 21.4 Å². The van der Waals surface area contributed by atoms with E-state index in [1.165, 1.54) is 17.7 Å². The molecule has 2 aliphatic heterocycles. The molecule has 0 saturated carbocycles. The van der Waals surface area contributed by atoms with E-state index >= 15 is 0 Å². The monoisotopic (exact) mass is 382 g/mol. The van der Waals surface area contributed by atoms with Gasteiger partial charge in [0.1, 0.15) is 5.82 Å². The van der Waals surface area contributed by atoms with Crippen LogP contribution in [0.25, 0.3) is 0 Å². The van der Waals surface area contributed by atoms with Gasteiger partial charge in [-0.25, -0.2) is 4.39 Å². The Kier molecular flexibility index (Phi) is 5.47. The summed E-state index contributed by atoms with van der Waals surface area (Å²) in [5, 5.41) is 3.47. The lowest BCUT2D eigenvalue weighted by Crippen LogP contribution is -2.50. The molecule has 0 bridgehead atoms. The predicted molar refractivity (Wildman–Crippen MR) is 108 cm³/mol. The zero-order chi connectivity index (χ0) is 19.6. The maximum Gasteiger partial charge on any atom is 0.243 e. The minimum absolute atomic E-state index is 0.103. The number of para-hydroxylation sites is 1. The summed E-state index contributed by atoms with van der Waals surface area (Å²) in [4.78, 5) is 14.9. The predicted octanol–water partition coefficient (Wildman–Crippen LogP) is 3.44. The fourth-order valence-electron chi connectivity index (χ4n) is 4.37. The van der Waals surface area contributed by atoms with Crippen molar-refractivity contribution in [2.45, 2.75) is 37.6 Å². The maximum atomic E-state index is 13.4. The molecular weight excluding hydrogens is 355 g/mol. The number of carbonyl (C=O) groups is 1. The summed E-state index contributed by atoms with van der Waals surface area (Å²) in [5.74, 6) is -0.124. The van der Waals surface area contributed by atoms with Crippen molar-refractivity contribution in [2.24, 2.45) is 0 Å². The van der Waals surface area contributed by atoms with Crippen molar-refractivity contribution >= 4 is 11.6 Å². The van der Waals surface area contributed by atoms with Crippen molar-refractivity contribution in [1.82, 2.24) is 5.32 Å². The van der Waals surface area contributed by atoms with Crippen LogP contribution < -0.4 is 10.2 Å². The number of carbonyl (C=O) groups excluding carboxylic acids is 1. The largest absolute Gasteiger partial charge is 0.381 e. The molecule has 1 atom stereocenters. The minimum atomic E-state index is -0.286. The highest BCUT2D eigenvalue weighted by molar-refractivity contribution is 5.98. The first kappa shape index (κ1) is 19.1. The van der Waals surface area contributed by atoms with E-state index in [4.69, 9.17) is 4.74 Å². The van der Waals surface area contributed by atoms with Crippen LogP contribution in [0.1, 0.15) is 30.9 Å². The second kappa shape index (κ2) is 8.02. The average Bonchev–Trinajstić information content (AvgIpc) is 3.17. The first-order chi connectivity index (χ1) is 13.6. The third-order valence-corrected chi connectivity index (χ3v) is 6.18. The molecule has 4 nitrogen and oxygen atoms in total. The van der Waals surface area contributed by atoms with Crippen molar-refractivity contribution in [3.05, 3.63) is 65.5 Å². The number of fused-ring (bicyclic) bond motifs is 1. The second-order valence-electron chi connectivity index (χ2n) is 7.87. The van der Waals surface area contributed by atoms with Crippen LogP contribution in [0.4, 0.5) is 10.1 Å². The van der Waals surface area contributed by atoms with Crippen molar-refractivity contribution < 1.29 is 13.9 Å². The Morgan fingerprint density at radius 1 is 1.18 bits per heavy atom. The van der Waals surface area contributed by atoms with Gasteiger partial charge in [0, 0.05) is 37.4 Å². The van der Waals surface area contributed by atoms with Gasteiger partial charge in [-0.3, -0.25) is 4.79 Å². The highest BCUT2D eigenvalue weighted by atomic mass is 19.1. The number of anilines is 1. The molecule has 2 aromatic rings. The lowest BCUT2D eigenvalue weighted by Gasteiger charge is -2.39. The van der Waals surface area contributed by atoms with Gasteiger partial charge >= 0.3 is 0 Å². The van der Waals surface area contributed by atoms with Gasteiger partial charge in [0.05, 0.1) is 6.04 Å². The normalized spacial score (nSPS) is 19.3. The number of nitrogens with zero attached hydrogens (tertiary/aromatic N) is 1. The Hall–Kier alpha value is -2.24. The van der Waals surface area contributed by atoms with Gasteiger partial charge in [0.15, 0.2) is 0 Å². The summed E-state index contributed by atoms with van der Waals surface area (Å²) in [6.45, 7) is 4.70. The Bertz CT molecular complexity index is 831. The zero-order valence-electron chi connectivity index (χ0n) is 16.3. The molecule has 2 heterocycles. The molecule has 0 aromatic heterocycles. The SMILES string of the molecule is CC(NCC1(c2ccc(F)cc2)CCOCC1)C(=O)N1CCc2ccccc21. The molecule has 5 heteroatoms. The molecule has 0 spiro atoms. The highest BCUT2D eigenvalue weighted by Crippen LogP contribution is 2.35. The first-order valence-corrected chi connectivity index (χ1v) is 10.1. The molecular formula is C23H27FN2O2. The van der Waals surface area contributed by atoms with Crippen LogP contribution in [0.2, 0.25) is 0 Å². The third kappa shape index (κ3) is 3.69. The number of rotatable bonds is 5. The van der Waals surface area contributed by atoms with Crippen molar-refractivity contribution in [1.29, 1.82) is 0 Å². The van der Waals surface area contributed by atoms with Crippen LogP contribution in [-0.4, -0.2) is 38.3 Å². The Morgan fingerprint density at radius 3 is 2.64 bits per heavy atom. The first-order valence-electron chi connectivity index (χ1n) is 10.1. The number of amides is 1. The topological polar surface area (TPSA) is 41.6 Å². The summed E-state index contributed by atoms with van der Waals surface area (Å²) < 4.78 is 19.0. The summed E-state index contributed by atoms with van der Waals surface area (Å²) >= 11 is 0. The van der Waals surface area contributed by atoms with Crippen LogP contribution in [0, 0.1) is 5.82 Å². The molecule has 0 radical (unpaired) electrons. The number of halogens is 1. The fraction of sp³-hybridized carbons (Fsp3) is 0.435. The molecule has 4 rings (SSSR count). The average molecular weight is 382 g/mol. The standard InChI is InChI=1S/C23H27FN2O2/c1-17(22(27)26-13-10-18-4-2-3-5-21(18)26)25-16-23(11-14-28-15-12-23)19-6-8-20(24)9-7-19/h2-9,17,25H,10-16H2,1H3. The van der Waals surface area contributed by atoms with E-state index in [9.17, 15) is 9.18 Å². The lowest BCUT2D eigenvalue weighted by molar-refractivity contribution is -0.120. The number of benzene rings is 2. The van der Waals surface area contributed by atoms with E-state index in [2.05, 4.69) is 11.4 Å². The molecule has 1 fully saturated rings. The van der Waals surface area contributed by atoms with Gasteiger partial charge in [-0.05, 0) is 55.5 Å². The van der Waals surface area contributed by atoms with Crippen molar-refractivity contribution in [3.63, 3.8) is 0 Å². The number of ether oxygens (including phenoxy) is 1. The summed E-state index contributed by atoms with van der Waals surface area (Å²) in [7, 11) is 0. The molecule has 1 saturated heterocycles. The Balaban J connectivity index is 1.47. The molecule has 0 aliphatic carbocycles. The van der Waals surface area contributed by atoms with Gasteiger partial charge in [-0.1, -0.05) is 30.3 Å². The summed E-state index contributed by atoms with van der Waals surface area (Å²) in [5.41, 5.74) is 3.23. The van der Waals surface area contributed by atoms with E-state index in [1.807, 2.05) is 42.2 Å². The Morgan fingerprint density at radius 2 is 1.89 bits per heavy atom. The van der Waals surface area contributed by atoms with Crippen molar-refractivity contribution in [2.75, 3.05) is 31.2 Å². The fourth-order valence-corrected chi connectivity index (χ4v) is 4.37. The van der Waals surface area contributed by atoms with Gasteiger partial charge < -0.3 is 15.0 Å². The van der Waals surface area contributed by atoms with Gasteiger partial charge in [-0.2, -0.15) is 0 Å². The smallest absolute Gasteiger partial charge is 0.243 e. The molecule has 2 aliphatic rings. The maximum absolute atomic E-state index is 13.4. The van der Waals surface area contributed by atoms with E-state index in [-0.39, 0.29) is 23.2 Å². The summed E-state index contributed by atoms with van der Waals surface area (Å²) in [6.07, 6.45) is 2.63. The quantitative estimate of drug-likeness (QED) is 0.861. The minimum Gasteiger partial charge on any atom is -0.381 e. The molecule has 1 amide bonds. The van der Waals surface area contributed by atoms with Crippen LogP contribution in [0.15, 0.2) is 48.5 Å². The highest BCUT2D eigenvalue weighted by Gasteiger charge is 2.36. The Labute approximate surface area is 165 Å². The number of nitrogens with one attached hydrogen (secondary N) is 1. The van der Waals surface area contributed by atoms with Gasteiger partial charge in [0.2, 0.25) is 5.91 Å². The summed E-state index contributed by atoms with van der Waals surface area (Å²) in [6, 6.07) is 14.6. The molecule has 28 heavy (non-hydrogen) atoms. The second-order valence-corrected chi connectivity index (χ2v) is 7.87. The zero-order valence-corrected chi connectivity index (χ0v) is 16.3. The van der Waals surface area contributed by atoms with E-state index in [0.717, 1.165) is 37.1 Å². The molecule has 1 unspecified atom stereocenters. The van der Waals surface area contributed by atoms with E-state index in [1.54, 1.807) is 0 Å². The van der Waals surface area contributed by atoms with Crippen LogP contribution >= 0.6 is 0 Å². The van der Waals surface area contributed by atoms with E-state index < -0.39 is 0 Å².